The molecular weight excluding hydrogens is 231 g/mol. The van der Waals surface area contributed by atoms with Crippen LogP contribution in [0, 0.1) is 28.8 Å². The van der Waals surface area contributed by atoms with Crippen LogP contribution in [-0.4, -0.2) is 9.78 Å². The Labute approximate surface area is 94.7 Å². The maximum atomic E-state index is 13.5. The smallest absolute Gasteiger partial charge is 0.170 e. The van der Waals surface area contributed by atoms with Crippen molar-refractivity contribution in [3.05, 3.63) is 41.5 Å². The first-order valence-corrected chi connectivity index (χ1v) is 4.61. The number of halogens is 3. The van der Waals surface area contributed by atoms with E-state index in [0.29, 0.717) is 12.1 Å². The van der Waals surface area contributed by atoms with Gasteiger partial charge in [-0.3, -0.25) is 4.68 Å². The first kappa shape index (κ1) is 11.2. The number of aromatic nitrogens is 2. The molecule has 0 bridgehead atoms. The molecule has 86 valence electrons. The fourth-order valence-corrected chi connectivity index (χ4v) is 1.50. The minimum Gasteiger partial charge on any atom is -0.274 e. The van der Waals surface area contributed by atoms with Gasteiger partial charge in [-0.1, -0.05) is 0 Å². The monoisotopic (exact) mass is 237 g/mol. The van der Waals surface area contributed by atoms with Crippen LogP contribution in [0.4, 0.5) is 13.2 Å². The normalized spacial score (nSPS) is 10.3. The molecule has 3 nitrogen and oxygen atoms in total. The summed E-state index contributed by atoms with van der Waals surface area (Å²) in [6, 6.07) is 2.92. The predicted molar refractivity (Wildman–Crippen MR) is 53.2 cm³/mol. The molecule has 0 radical (unpaired) electrons. The highest BCUT2D eigenvalue weighted by atomic mass is 19.2. The van der Waals surface area contributed by atoms with Crippen molar-refractivity contribution in [2.75, 3.05) is 0 Å². The summed E-state index contributed by atoms with van der Waals surface area (Å²) in [5, 5.41) is 12.6. The topological polar surface area (TPSA) is 41.6 Å². The third kappa shape index (κ3) is 1.87. The second-order valence-corrected chi connectivity index (χ2v) is 3.42. The number of rotatable bonds is 1. The summed E-state index contributed by atoms with van der Waals surface area (Å²) in [6.45, 7) is 0. The van der Waals surface area contributed by atoms with E-state index in [4.69, 9.17) is 5.26 Å². The summed E-state index contributed by atoms with van der Waals surface area (Å²) in [5.41, 5.74) is -0.0997. The van der Waals surface area contributed by atoms with E-state index in [9.17, 15) is 13.2 Å². The molecule has 0 unspecified atom stereocenters. The first-order chi connectivity index (χ1) is 8.02. The van der Waals surface area contributed by atoms with Gasteiger partial charge in [-0.2, -0.15) is 10.4 Å². The molecule has 0 saturated heterocycles. The molecule has 0 saturated carbocycles. The van der Waals surface area contributed by atoms with Gasteiger partial charge in [-0.15, -0.1) is 0 Å². The van der Waals surface area contributed by atoms with E-state index in [-0.39, 0.29) is 16.8 Å². The molecule has 1 aromatic carbocycles. The molecule has 2 aromatic rings. The minimum atomic E-state index is -1.27. The lowest BCUT2D eigenvalue weighted by Gasteiger charge is -2.01. The molecule has 1 aromatic heterocycles. The van der Waals surface area contributed by atoms with Crippen molar-refractivity contribution >= 4 is 0 Å². The van der Waals surface area contributed by atoms with Crippen LogP contribution < -0.4 is 0 Å². The van der Waals surface area contributed by atoms with Gasteiger partial charge in [0.25, 0.3) is 0 Å². The van der Waals surface area contributed by atoms with E-state index in [2.05, 4.69) is 5.10 Å². The van der Waals surface area contributed by atoms with Gasteiger partial charge in [0.05, 0.1) is 0 Å². The van der Waals surface area contributed by atoms with Gasteiger partial charge < -0.3 is 0 Å². The summed E-state index contributed by atoms with van der Waals surface area (Å²) in [6.07, 6.45) is 1.37. The lowest BCUT2D eigenvalue weighted by Crippen LogP contribution is -1.91. The van der Waals surface area contributed by atoms with Crippen molar-refractivity contribution in [3.63, 3.8) is 0 Å². The molecule has 0 aliphatic rings. The van der Waals surface area contributed by atoms with Crippen molar-refractivity contribution in [1.29, 1.82) is 5.26 Å². The maximum Gasteiger partial charge on any atom is 0.170 e. The van der Waals surface area contributed by atoms with Crippen molar-refractivity contribution in [2.45, 2.75) is 0 Å². The molecule has 17 heavy (non-hydrogen) atoms. The summed E-state index contributed by atoms with van der Waals surface area (Å²) < 4.78 is 40.6. The van der Waals surface area contributed by atoms with Gasteiger partial charge >= 0.3 is 0 Å². The van der Waals surface area contributed by atoms with E-state index >= 15 is 0 Å². The number of benzene rings is 1. The molecule has 0 atom stereocenters. The van der Waals surface area contributed by atoms with E-state index in [1.807, 2.05) is 0 Å². The zero-order valence-electron chi connectivity index (χ0n) is 8.71. The lowest BCUT2D eigenvalue weighted by molar-refractivity contribution is 0.496. The predicted octanol–water partition coefficient (Wildman–Crippen LogP) is 2.38. The molecule has 0 amide bonds. The summed E-state index contributed by atoms with van der Waals surface area (Å²) in [5.74, 6) is -3.38. The van der Waals surface area contributed by atoms with Crippen LogP contribution in [0.3, 0.4) is 0 Å². The van der Waals surface area contributed by atoms with Gasteiger partial charge in [-0.05, 0) is 6.07 Å². The molecule has 1 heterocycles. The van der Waals surface area contributed by atoms with Gasteiger partial charge in [0.15, 0.2) is 17.3 Å². The minimum absolute atomic E-state index is 0.0441. The molecule has 0 aliphatic heterocycles. The highest BCUT2D eigenvalue weighted by Gasteiger charge is 2.16. The average molecular weight is 237 g/mol. The third-order valence-electron chi connectivity index (χ3n) is 2.23. The molecule has 2 rings (SSSR count). The summed E-state index contributed by atoms with van der Waals surface area (Å²) in [4.78, 5) is 0. The van der Waals surface area contributed by atoms with Crippen molar-refractivity contribution in [3.8, 4) is 17.2 Å². The molecular formula is C11H6F3N3. The fourth-order valence-electron chi connectivity index (χ4n) is 1.50. The SMILES string of the molecule is Cn1cc(-c2cc(F)c(F)cc2F)c(C#N)n1. The van der Waals surface area contributed by atoms with Crippen LogP contribution in [0.2, 0.25) is 0 Å². The summed E-state index contributed by atoms with van der Waals surface area (Å²) in [7, 11) is 1.54. The first-order valence-electron chi connectivity index (χ1n) is 4.61. The van der Waals surface area contributed by atoms with E-state index in [1.54, 1.807) is 13.1 Å². The zero-order chi connectivity index (χ0) is 12.6. The fraction of sp³-hybridized carbons (Fsp3) is 0.0909. The number of hydrogen-bond acceptors (Lipinski definition) is 2. The summed E-state index contributed by atoms with van der Waals surface area (Å²) >= 11 is 0. The van der Waals surface area contributed by atoms with Gasteiger partial charge in [0.1, 0.15) is 11.9 Å². The third-order valence-corrected chi connectivity index (χ3v) is 2.23. The van der Waals surface area contributed by atoms with Crippen LogP contribution in [0.1, 0.15) is 5.69 Å². The standard InChI is InChI=1S/C11H6F3N3/c1-17-5-7(11(4-15)16-17)6-2-9(13)10(14)3-8(6)12/h2-3,5H,1H3. The van der Waals surface area contributed by atoms with Crippen molar-refractivity contribution < 1.29 is 13.2 Å². The van der Waals surface area contributed by atoms with E-state index in [0.717, 1.165) is 0 Å². The Bertz CT molecular complexity index is 626. The average Bonchev–Trinajstić information content (AvgIpc) is 2.64. The zero-order valence-corrected chi connectivity index (χ0v) is 8.71. The highest BCUT2D eigenvalue weighted by Crippen LogP contribution is 2.27. The van der Waals surface area contributed by atoms with Crippen LogP contribution in [0.5, 0.6) is 0 Å². The Morgan fingerprint density at radius 3 is 2.41 bits per heavy atom. The Kier molecular flexibility index (Phi) is 2.60. The molecule has 0 N–H and O–H groups in total. The van der Waals surface area contributed by atoms with Gasteiger partial charge in [0, 0.05) is 30.4 Å². The molecule has 0 fully saturated rings. The molecule has 0 spiro atoms. The van der Waals surface area contributed by atoms with Crippen molar-refractivity contribution in [1.82, 2.24) is 9.78 Å². The van der Waals surface area contributed by atoms with Crippen LogP contribution in [0.15, 0.2) is 18.3 Å². The second kappa shape index (κ2) is 3.94. The lowest BCUT2D eigenvalue weighted by atomic mass is 10.1. The van der Waals surface area contributed by atoms with Crippen LogP contribution in [-0.2, 0) is 7.05 Å². The largest absolute Gasteiger partial charge is 0.274 e. The number of aryl methyl sites for hydroxylation is 1. The number of nitriles is 1. The van der Waals surface area contributed by atoms with Crippen LogP contribution in [0.25, 0.3) is 11.1 Å². The number of nitrogens with zero attached hydrogens (tertiary/aromatic N) is 3. The Morgan fingerprint density at radius 1 is 1.12 bits per heavy atom. The molecule has 6 heteroatoms. The maximum absolute atomic E-state index is 13.5. The Morgan fingerprint density at radius 2 is 1.76 bits per heavy atom. The Balaban J connectivity index is 2.69. The Hall–Kier alpha value is -2.29. The highest BCUT2D eigenvalue weighted by molar-refractivity contribution is 5.68. The van der Waals surface area contributed by atoms with Crippen LogP contribution >= 0.6 is 0 Å². The van der Waals surface area contributed by atoms with E-state index in [1.165, 1.54) is 10.9 Å². The van der Waals surface area contributed by atoms with Gasteiger partial charge in [0.2, 0.25) is 0 Å². The number of hydrogen-bond donors (Lipinski definition) is 0. The van der Waals surface area contributed by atoms with Gasteiger partial charge in [-0.25, -0.2) is 13.2 Å². The molecule has 0 aliphatic carbocycles. The van der Waals surface area contributed by atoms with E-state index < -0.39 is 17.5 Å². The quantitative estimate of drug-likeness (QED) is 0.714. The second-order valence-electron chi connectivity index (χ2n) is 3.42. The van der Waals surface area contributed by atoms with Crippen molar-refractivity contribution in [2.24, 2.45) is 7.05 Å².